The van der Waals surface area contributed by atoms with Crippen LogP contribution < -0.4 is 15.6 Å². The van der Waals surface area contributed by atoms with E-state index in [-0.39, 0.29) is 16.7 Å². The van der Waals surface area contributed by atoms with Crippen LogP contribution in [0.4, 0.5) is 18.9 Å². The quantitative estimate of drug-likeness (QED) is 0.719. The van der Waals surface area contributed by atoms with Crippen molar-refractivity contribution in [2.45, 2.75) is 26.1 Å². The molecule has 0 aliphatic heterocycles. The summed E-state index contributed by atoms with van der Waals surface area (Å²) in [6, 6.07) is 6.00. The first-order chi connectivity index (χ1) is 13.5. The molecule has 1 N–H and O–H groups in total. The van der Waals surface area contributed by atoms with E-state index in [2.05, 4.69) is 10.4 Å². The molecule has 1 unspecified atom stereocenters. The minimum atomic E-state index is -4.73. The third kappa shape index (κ3) is 3.69. The molecule has 0 saturated carbocycles. The maximum Gasteiger partial charge on any atom is 0.417 e. The van der Waals surface area contributed by atoms with E-state index in [1.54, 1.807) is 24.3 Å². The number of carbonyl (C=O) groups excluding carboxylic acids is 1. The number of anilines is 1. The van der Waals surface area contributed by atoms with Crippen LogP contribution in [0.15, 0.2) is 35.1 Å². The average molecular weight is 408 g/mol. The van der Waals surface area contributed by atoms with Gasteiger partial charge in [0.05, 0.1) is 23.8 Å². The highest BCUT2D eigenvalue weighted by Gasteiger charge is 2.36. The molecule has 3 rings (SSSR count). The number of pyridine rings is 1. The second-order valence-electron chi connectivity index (χ2n) is 6.57. The van der Waals surface area contributed by atoms with E-state index in [4.69, 9.17) is 4.74 Å². The van der Waals surface area contributed by atoms with E-state index < -0.39 is 29.2 Å². The van der Waals surface area contributed by atoms with Gasteiger partial charge in [0.1, 0.15) is 17.4 Å². The highest BCUT2D eigenvalue weighted by Crippen LogP contribution is 2.35. The fraction of sp³-hybridized carbons (Fsp3) is 0.316. The predicted octanol–water partition coefficient (Wildman–Crippen LogP) is 3.27. The number of alkyl halides is 3. The molecule has 0 aliphatic rings. The van der Waals surface area contributed by atoms with Gasteiger partial charge in [-0.25, -0.2) is 0 Å². The van der Waals surface area contributed by atoms with Gasteiger partial charge in [0, 0.05) is 24.9 Å². The molecule has 0 aliphatic carbocycles. The lowest BCUT2D eigenvalue weighted by Gasteiger charge is -2.19. The van der Waals surface area contributed by atoms with Crippen molar-refractivity contribution in [3.63, 3.8) is 0 Å². The molecule has 7 nitrogen and oxygen atoms in total. The van der Waals surface area contributed by atoms with Gasteiger partial charge in [0.15, 0.2) is 0 Å². The summed E-state index contributed by atoms with van der Waals surface area (Å²) in [6.07, 6.45) is -4.73. The van der Waals surface area contributed by atoms with Gasteiger partial charge in [-0.3, -0.25) is 18.8 Å². The van der Waals surface area contributed by atoms with E-state index in [1.807, 2.05) is 0 Å². The number of hydrogen-bond donors (Lipinski definition) is 1. The molecular formula is C19H19F3N4O3. The number of methoxy groups -OCH3 is 1. The summed E-state index contributed by atoms with van der Waals surface area (Å²) in [5, 5.41) is 6.46. The van der Waals surface area contributed by atoms with Crippen LogP contribution in [-0.4, -0.2) is 27.4 Å². The Morgan fingerprint density at radius 3 is 2.59 bits per heavy atom. The Morgan fingerprint density at radius 2 is 1.97 bits per heavy atom. The SMILES string of the molecule is COc1cccc(NC(=O)C(C)n2c(=O)cc(C(F)(F)F)c3c(C)nn(C)c32)c1. The normalized spacial score (nSPS) is 12.8. The van der Waals surface area contributed by atoms with Crippen molar-refractivity contribution in [1.29, 1.82) is 0 Å². The number of aryl methyl sites for hydroxylation is 2. The Balaban J connectivity index is 2.10. The molecule has 0 radical (unpaired) electrons. The molecule has 1 atom stereocenters. The number of nitrogens with one attached hydrogen (secondary N) is 1. The first-order valence-electron chi connectivity index (χ1n) is 8.65. The number of carbonyl (C=O) groups is 1. The van der Waals surface area contributed by atoms with Gasteiger partial charge in [0.25, 0.3) is 5.56 Å². The summed E-state index contributed by atoms with van der Waals surface area (Å²) in [5.41, 5.74) is -1.54. The standard InChI is InChI=1S/C19H19F3N4O3/c1-10-16-14(19(20,21)22)9-15(27)26(18(16)25(3)24-10)11(2)17(28)23-12-6-5-7-13(8-12)29-4/h5-9,11H,1-4H3,(H,23,28). The van der Waals surface area contributed by atoms with Crippen LogP contribution in [0.2, 0.25) is 0 Å². The van der Waals surface area contributed by atoms with E-state index >= 15 is 0 Å². The number of nitrogens with zero attached hydrogens (tertiary/aromatic N) is 3. The second-order valence-corrected chi connectivity index (χ2v) is 6.57. The number of hydrogen-bond acceptors (Lipinski definition) is 4. The summed E-state index contributed by atoms with van der Waals surface area (Å²) in [4.78, 5) is 25.3. The van der Waals surface area contributed by atoms with Gasteiger partial charge in [-0.15, -0.1) is 0 Å². The molecular weight excluding hydrogens is 389 g/mol. The molecule has 0 saturated heterocycles. The fourth-order valence-electron chi connectivity index (χ4n) is 3.27. The second kappa shape index (κ2) is 7.26. The number of halogens is 3. The first kappa shape index (κ1) is 20.4. The van der Waals surface area contributed by atoms with E-state index in [1.165, 1.54) is 32.7 Å². The Bertz CT molecular complexity index is 1150. The van der Waals surface area contributed by atoms with Gasteiger partial charge in [0.2, 0.25) is 5.91 Å². The van der Waals surface area contributed by atoms with Crippen molar-refractivity contribution in [3.8, 4) is 5.75 Å². The number of aromatic nitrogens is 3. The van der Waals surface area contributed by atoms with Crippen LogP contribution in [0.1, 0.15) is 24.2 Å². The van der Waals surface area contributed by atoms with Gasteiger partial charge >= 0.3 is 6.18 Å². The Kier molecular flexibility index (Phi) is 5.12. The number of amides is 1. The zero-order valence-electron chi connectivity index (χ0n) is 16.2. The molecule has 1 amide bonds. The Labute approximate surface area is 163 Å². The highest BCUT2D eigenvalue weighted by molar-refractivity contribution is 5.95. The van der Waals surface area contributed by atoms with E-state index in [9.17, 15) is 22.8 Å². The van der Waals surface area contributed by atoms with E-state index in [0.29, 0.717) is 17.5 Å². The van der Waals surface area contributed by atoms with Crippen LogP contribution >= 0.6 is 0 Å². The van der Waals surface area contributed by atoms with E-state index in [0.717, 1.165) is 4.57 Å². The van der Waals surface area contributed by atoms with Crippen molar-refractivity contribution in [3.05, 3.63) is 51.9 Å². The van der Waals surface area contributed by atoms with Crippen LogP contribution in [0.3, 0.4) is 0 Å². The third-order valence-corrected chi connectivity index (χ3v) is 4.60. The summed E-state index contributed by atoms with van der Waals surface area (Å²) in [7, 11) is 2.91. The van der Waals surface area contributed by atoms with Gasteiger partial charge in [-0.2, -0.15) is 18.3 Å². The fourth-order valence-corrected chi connectivity index (χ4v) is 3.27. The zero-order chi connectivity index (χ0) is 21.5. The van der Waals surface area contributed by atoms with Crippen LogP contribution in [-0.2, 0) is 18.0 Å². The maximum atomic E-state index is 13.5. The van der Waals surface area contributed by atoms with Gasteiger partial charge < -0.3 is 10.1 Å². The van der Waals surface area contributed by atoms with Crippen molar-refractivity contribution in [1.82, 2.24) is 14.3 Å². The minimum Gasteiger partial charge on any atom is -0.497 e. The van der Waals surface area contributed by atoms with Gasteiger partial charge in [-0.05, 0) is 26.0 Å². The molecule has 154 valence electrons. The monoisotopic (exact) mass is 408 g/mol. The lowest BCUT2D eigenvalue weighted by atomic mass is 10.1. The maximum absolute atomic E-state index is 13.5. The summed E-state index contributed by atoms with van der Waals surface area (Å²) < 4.78 is 47.7. The number of rotatable bonds is 4. The molecule has 0 spiro atoms. The lowest BCUT2D eigenvalue weighted by molar-refractivity contribution is -0.136. The third-order valence-electron chi connectivity index (χ3n) is 4.60. The van der Waals surface area contributed by atoms with Crippen molar-refractivity contribution in [2.75, 3.05) is 12.4 Å². The molecule has 2 heterocycles. The van der Waals surface area contributed by atoms with Gasteiger partial charge in [-0.1, -0.05) is 6.07 Å². The minimum absolute atomic E-state index is 0.0735. The molecule has 0 fully saturated rings. The van der Waals surface area contributed by atoms with Crippen LogP contribution in [0.5, 0.6) is 5.75 Å². The van der Waals surface area contributed by atoms with Crippen LogP contribution in [0.25, 0.3) is 11.0 Å². The van der Waals surface area contributed by atoms with Crippen molar-refractivity contribution >= 4 is 22.6 Å². The largest absolute Gasteiger partial charge is 0.497 e. The number of fused-ring (bicyclic) bond motifs is 1. The zero-order valence-corrected chi connectivity index (χ0v) is 16.2. The molecule has 2 aromatic heterocycles. The molecule has 1 aromatic carbocycles. The smallest absolute Gasteiger partial charge is 0.417 e. The summed E-state index contributed by atoms with van der Waals surface area (Å²) in [5.74, 6) is -0.0490. The highest BCUT2D eigenvalue weighted by atomic mass is 19.4. The predicted molar refractivity (Wildman–Crippen MR) is 101 cm³/mol. The molecule has 0 bridgehead atoms. The Hall–Kier alpha value is -3.30. The molecule has 10 heteroatoms. The first-order valence-corrected chi connectivity index (χ1v) is 8.65. The number of benzene rings is 1. The lowest BCUT2D eigenvalue weighted by Crippen LogP contribution is -2.33. The molecule has 3 aromatic rings. The summed E-state index contributed by atoms with van der Waals surface area (Å²) >= 11 is 0. The molecule has 29 heavy (non-hydrogen) atoms. The van der Waals surface area contributed by atoms with Crippen LogP contribution in [0, 0.1) is 6.92 Å². The Morgan fingerprint density at radius 1 is 1.28 bits per heavy atom. The summed E-state index contributed by atoms with van der Waals surface area (Å²) in [6.45, 7) is 2.86. The number of ether oxygens (including phenoxy) is 1. The topological polar surface area (TPSA) is 78.2 Å². The van der Waals surface area contributed by atoms with Crippen molar-refractivity contribution in [2.24, 2.45) is 7.05 Å². The average Bonchev–Trinajstić information content (AvgIpc) is 2.94. The van der Waals surface area contributed by atoms with Crippen molar-refractivity contribution < 1.29 is 22.7 Å².